The fourth-order valence-corrected chi connectivity index (χ4v) is 5.74. The largest absolute Gasteiger partial charge is 0.497 e. The molecule has 33 heavy (non-hydrogen) atoms. The van der Waals surface area contributed by atoms with E-state index in [1.807, 2.05) is 0 Å². The van der Waals surface area contributed by atoms with Gasteiger partial charge in [0.05, 0.1) is 13.7 Å². The fraction of sp³-hybridized carbons (Fsp3) is 0.700. The van der Waals surface area contributed by atoms with Crippen LogP contribution in [0.4, 0.5) is 0 Å². The minimum absolute atomic E-state index is 0.147. The Labute approximate surface area is 203 Å². The summed E-state index contributed by atoms with van der Waals surface area (Å²) in [5.74, 6) is 4.88. The van der Waals surface area contributed by atoms with E-state index in [-0.39, 0.29) is 6.61 Å². The van der Waals surface area contributed by atoms with E-state index in [2.05, 4.69) is 31.2 Å². The van der Waals surface area contributed by atoms with Gasteiger partial charge >= 0.3 is 0 Å². The Hall–Kier alpha value is -1.61. The van der Waals surface area contributed by atoms with Crippen molar-refractivity contribution < 1.29 is 14.6 Å². The lowest BCUT2D eigenvalue weighted by atomic mass is 9.68. The number of carbonyl (C=O) groups is 1. The average Bonchev–Trinajstić information content (AvgIpc) is 2.86. The van der Waals surface area contributed by atoms with E-state index < -0.39 is 0 Å². The molecular weight excluding hydrogens is 408 g/mol. The maximum absolute atomic E-state index is 9.96. The quantitative estimate of drug-likeness (QED) is 0.234. The summed E-state index contributed by atoms with van der Waals surface area (Å²) in [4.78, 5) is 9.96. The number of ether oxygens (including phenoxy) is 1. The van der Waals surface area contributed by atoms with Crippen molar-refractivity contribution >= 4 is 6.29 Å². The Kier molecular flexibility index (Phi) is 12.8. The Bertz CT molecular complexity index is 686. The number of unbranched alkanes of at least 4 members (excludes halogenated alkanes) is 2. The molecular formula is C30H48O3. The van der Waals surface area contributed by atoms with Crippen LogP contribution in [0.1, 0.15) is 109 Å². The van der Waals surface area contributed by atoms with Crippen molar-refractivity contribution in [1.29, 1.82) is 0 Å². The zero-order chi connectivity index (χ0) is 24.1. The number of methoxy groups -OCH3 is 1. The molecule has 0 bridgehead atoms. The molecule has 2 fully saturated rings. The Morgan fingerprint density at radius 2 is 1.52 bits per heavy atom. The molecule has 0 amide bonds. The van der Waals surface area contributed by atoms with E-state index in [9.17, 15) is 4.79 Å². The molecule has 0 unspecified atom stereocenters. The second-order valence-corrected chi connectivity index (χ2v) is 10.5. The second kappa shape index (κ2) is 15.3. The monoisotopic (exact) mass is 456 g/mol. The van der Waals surface area contributed by atoms with Crippen molar-refractivity contribution in [3.63, 3.8) is 0 Å². The van der Waals surface area contributed by atoms with Crippen LogP contribution in [0.3, 0.4) is 0 Å². The van der Waals surface area contributed by atoms with E-state index in [1.165, 1.54) is 82.6 Å². The molecule has 0 aliphatic heterocycles. The van der Waals surface area contributed by atoms with Crippen LogP contribution in [0.5, 0.6) is 5.75 Å². The van der Waals surface area contributed by atoms with Gasteiger partial charge in [-0.1, -0.05) is 63.2 Å². The minimum Gasteiger partial charge on any atom is -0.497 e. The summed E-state index contributed by atoms with van der Waals surface area (Å²) in [5, 5.41) is 8.41. The van der Waals surface area contributed by atoms with Crippen molar-refractivity contribution in [3.8, 4) is 5.75 Å². The van der Waals surface area contributed by atoms with Crippen molar-refractivity contribution in [1.82, 2.24) is 0 Å². The van der Waals surface area contributed by atoms with Crippen molar-refractivity contribution in [3.05, 3.63) is 41.0 Å². The summed E-state index contributed by atoms with van der Waals surface area (Å²) < 4.78 is 5.29. The standard InChI is InChI=1S/C24H38O.C6H10O2/c1-3-4-5-6-19-7-9-20(10-8-19)21-11-13-22(14-12-21)23-15-17-24(25-2)18-16-23;1-5(2)6(3-7)4-8/h15-22H,3-14H2,1-2H3;3,8H,4H2,1-2H3. The summed E-state index contributed by atoms with van der Waals surface area (Å²) in [5.41, 5.74) is 2.88. The van der Waals surface area contributed by atoms with Crippen LogP contribution in [0.15, 0.2) is 35.4 Å². The summed E-state index contributed by atoms with van der Waals surface area (Å²) in [7, 11) is 1.75. The highest BCUT2D eigenvalue weighted by molar-refractivity contribution is 5.74. The molecule has 2 aliphatic rings. The first kappa shape index (κ1) is 27.6. The molecule has 1 N–H and O–H groups in total. The van der Waals surface area contributed by atoms with Crippen LogP contribution in [0.2, 0.25) is 0 Å². The van der Waals surface area contributed by atoms with Crippen molar-refractivity contribution in [2.24, 2.45) is 17.8 Å². The maximum Gasteiger partial charge on any atom is 0.148 e. The van der Waals surface area contributed by atoms with Gasteiger partial charge in [-0.15, -0.1) is 0 Å². The highest BCUT2D eigenvalue weighted by atomic mass is 16.5. The number of aliphatic hydroxyl groups excluding tert-OH is 1. The molecule has 0 spiro atoms. The van der Waals surface area contributed by atoms with Gasteiger partial charge in [0.2, 0.25) is 0 Å². The van der Waals surface area contributed by atoms with Crippen molar-refractivity contribution in [2.75, 3.05) is 13.7 Å². The highest BCUT2D eigenvalue weighted by Crippen LogP contribution is 2.44. The first-order valence-electron chi connectivity index (χ1n) is 13.4. The lowest BCUT2D eigenvalue weighted by molar-refractivity contribution is -0.105. The summed E-state index contributed by atoms with van der Waals surface area (Å²) in [6.45, 7) is 5.75. The van der Waals surface area contributed by atoms with Crippen LogP contribution < -0.4 is 4.74 Å². The number of rotatable bonds is 9. The Morgan fingerprint density at radius 1 is 0.939 bits per heavy atom. The van der Waals surface area contributed by atoms with Gasteiger partial charge in [-0.05, 0) is 93.7 Å². The van der Waals surface area contributed by atoms with Gasteiger partial charge in [0.15, 0.2) is 0 Å². The van der Waals surface area contributed by atoms with Gasteiger partial charge < -0.3 is 9.84 Å². The van der Waals surface area contributed by atoms with E-state index >= 15 is 0 Å². The van der Waals surface area contributed by atoms with Crippen LogP contribution >= 0.6 is 0 Å². The molecule has 2 saturated carbocycles. The van der Waals surface area contributed by atoms with Gasteiger partial charge in [0.25, 0.3) is 0 Å². The first-order valence-corrected chi connectivity index (χ1v) is 13.4. The molecule has 3 rings (SSSR count). The lowest BCUT2D eigenvalue weighted by Gasteiger charge is -2.38. The zero-order valence-corrected chi connectivity index (χ0v) is 21.7. The Balaban J connectivity index is 0.000000414. The van der Waals surface area contributed by atoms with Gasteiger partial charge in [-0.25, -0.2) is 0 Å². The van der Waals surface area contributed by atoms with Crippen LogP contribution in [-0.2, 0) is 4.79 Å². The summed E-state index contributed by atoms with van der Waals surface area (Å²) >= 11 is 0. The number of benzene rings is 1. The highest BCUT2D eigenvalue weighted by Gasteiger charge is 2.31. The average molecular weight is 457 g/mol. The number of allylic oxidation sites excluding steroid dienone is 1. The third-order valence-electron chi connectivity index (χ3n) is 8.09. The number of hydrogen-bond acceptors (Lipinski definition) is 3. The summed E-state index contributed by atoms with van der Waals surface area (Å²) in [6, 6.07) is 8.82. The molecule has 0 atom stereocenters. The van der Waals surface area contributed by atoms with E-state index in [4.69, 9.17) is 9.84 Å². The third-order valence-corrected chi connectivity index (χ3v) is 8.09. The lowest BCUT2D eigenvalue weighted by Crippen LogP contribution is -2.25. The van der Waals surface area contributed by atoms with Crippen molar-refractivity contribution in [2.45, 2.75) is 104 Å². The van der Waals surface area contributed by atoms with E-state index in [0.717, 1.165) is 35.0 Å². The first-order chi connectivity index (χ1) is 16.0. The van der Waals surface area contributed by atoms with E-state index in [1.54, 1.807) is 21.0 Å². The molecule has 0 aromatic heterocycles. The molecule has 2 aliphatic carbocycles. The van der Waals surface area contributed by atoms with Crippen LogP contribution in [0.25, 0.3) is 0 Å². The topological polar surface area (TPSA) is 46.5 Å². The SMILES string of the molecule is CC(C)=C(C=O)CO.CCCCCC1CCC(C2CCC(c3ccc(OC)cc3)CC2)CC1. The van der Waals surface area contributed by atoms with Gasteiger partial charge in [0.1, 0.15) is 12.0 Å². The van der Waals surface area contributed by atoms with Gasteiger partial charge in [-0.2, -0.15) is 0 Å². The normalized spacial score (nSPS) is 24.9. The molecule has 186 valence electrons. The number of aldehydes is 1. The van der Waals surface area contributed by atoms with Crippen LogP contribution in [0, 0.1) is 17.8 Å². The summed E-state index contributed by atoms with van der Waals surface area (Å²) in [6.07, 6.45) is 18.3. The smallest absolute Gasteiger partial charge is 0.148 e. The molecule has 3 heteroatoms. The third kappa shape index (κ3) is 9.27. The van der Waals surface area contributed by atoms with E-state index in [0.29, 0.717) is 11.9 Å². The molecule has 3 nitrogen and oxygen atoms in total. The predicted octanol–water partition coefficient (Wildman–Crippen LogP) is 7.87. The molecule has 0 saturated heterocycles. The minimum atomic E-state index is -0.147. The van der Waals surface area contributed by atoms with Gasteiger partial charge in [-0.3, -0.25) is 4.79 Å². The maximum atomic E-state index is 9.96. The predicted molar refractivity (Wildman–Crippen MR) is 139 cm³/mol. The molecule has 1 aromatic carbocycles. The molecule has 0 heterocycles. The number of hydrogen-bond donors (Lipinski definition) is 1. The number of carbonyl (C=O) groups excluding carboxylic acids is 1. The molecule has 0 radical (unpaired) electrons. The van der Waals surface area contributed by atoms with Crippen LogP contribution in [-0.4, -0.2) is 25.1 Å². The Morgan fingerprint density at radius 3 is 1.94 bits per heavy atom. The zero-order valence-electron chi connectivity index (χ0n) is 21.7. The fourth-order valence-electron chi connectivity index (χ4n) is 5.74. The number of aliphatic hydroxyl groups is 1. The van der Waals surface area contributed by atoms with Gasteiger partial charge in [0, 0.05) is 5.57 Å². The molecule has 1 aromatic rings. The second-order valence-electron chi connectivity index (χ2n) is 10.5.